The maximum absolute atomic E-state index is 13.2. The molecule has 0 aromatic heterocycles. The molecule has 1 N–H and O–H groups in total. The summed E-state index contributed by atoms with van der Waals surface area (Å²) >= 11 is 0. The van der Waals surface area contributed by atoms with Gasteiger partial charge in [0, 0.05) is 18.5 Å². The zero-order valence-electron chi connectivity index (χ0n) is 12.4. The Kier molecular flexibility index (Phi) is 3.68. The number of rotatable bonds is 4. The van der Waals surface area contributed by atoms with E-state index in [1.165, 1.54) is 16.7 Å². The van der Waals surface area contributed by atoms with Gasteiger partial charge in [0.2, 0.25) is 0 Å². The fourth-order valence-electron chi connectivity index (χ4n) is 3.07. The average molecular weight is 285 g/mol. The number of halogens is 1. The molecule has 1 fully saturated rings. The molecule has 0 saturated carbocycles. The highest BCUT2D eigenvalue weighted by molar-refractivity contribution is 5.41. The maximum Gasteiger partial charge on any atom is 0.123 e. The Bertz CT molecular complexity index is 632. The number of hydrogen-bond acceptors (Lipinski definition) is 2. The highest BCUT2D eigenvalue weighted by Crippen LogP contribution is 2.35. The van der Waals surface area contributed by atoms with Gasteiger partial charge in [-0.1, -0.05) is 29.8 Å². The number of nitrogens with one attached hydrogen (secondary N) is 1. The topological polar surface area (TPSA) is 21.3 Å². The average Bonchev–Trinajstić information content (AvgIpc) is 2.44. The molecule has 2 aromatic carbocycles. The molecule has 0 bridgehead atoms. The van der Waals surface area contributed by atoms with Gasteiger partial charge in [-0.05, 0) is 42.7 Å². The number of aryl methyl sites for hydroxylation is 1. The van der Waals surface area contributed by atoms with Crippen LogP contribution in [0.3, 0.4) is 0 Å². The first kappa shape index (κ1) is 14.1. The molecule has 0 unspecified atom stereocenters. The minimum absolute atomic E-state index is 0.0365. The van der Waals surface area contributed by atoms with Crippen molar-refractivity contribution in [3.63, 3.8) is 0 Å². The van der Waals surface area contributed by atoms with E-state index in [1.54, 1.807) is 19.2 Å². The van der Waals surface area contributed by atoms with Crippen LogP contribution in [0, 0.1) is 12.7 Å². The quantitative estimate of drug-likeness (QED) is 0.931. The second-order valence-electron chi connectivity index (χ2n) is 5.88. The van der Waals surface area contributed by atoms with Gasteiger partial charge in [0.15, 0.2) is 0 Å². The van der Waals surface area contributed by atoms with E-state index in [-0.39, 0.29) is 11.2 Å². The normalized spacial score (nSPS) is 16.3. The fourth-order valence-corrected chi connectivity index (χ4v) is 3.07. The van der Waals surface area contributed by atoms with E-state index in [0.717, 1.165) is 25.3 Å². The summed E-state index contributed by atoms with van der Waals surface area (Å²) in [5.74, 6) is 0.739. The molecule has 1 saturated heterocycles. The minimum atomic E-state index is -0.186. The van der Waals surface area contributed by atoms with Gasteiger partial charge in [-0.2, -0.15) is 0 Å². The molecule has 0 radical (unpaired) electrons. The zero-order valence-corrected chi connectivity index (χ0v) is 12.4. The SMILES string of the molecule is COc1ccc(C)cc1CC1(c2ccc(F)cc2)CNC1. The van der Waals surface area contributed by atoms with Gasteiger partial charge in [0.25, 0.3) is 0 Å². The fraction of sp³-hybridized carbons (Fsp3) is 0.333. The Balaban J connectivity index is 1.94. The lowest BCUT2D eigenvalue weighted by molar-refractivity contribution is 0.271. The molecule has 0 amide bonds. The molecule has 3 rings (SSSR count). The Hall–Kier alpha value is -1.87. The summed E-state index contributed by atoms with van der Waals surface area (Å²) in [5.41, 5.74) is 3.66. The number of hydrogen-bond donors (Lipinski definition) is 1. The van der Waals surface area contributed by atoms with Gasteiger partial charge in [0.1, 0.15) is 11.6 Å². The molecule has 21 heavy (non-hydrogen) atoms. The first-order chi connectivity index (χ1) is 10.1. The van der Waals surface area contributed by atoms with Crippen molar-refractivity contribution in [2.75, 3.05) is 20.2 Å². The highest BCUT2D eigenvalue weighted by Gasteiger charge is 2.39. The van der Waals surface area contributed by atoms with E-state index >= 15 is 0 Å². The molecule has 3 heteroatoms. The molecule has 2 nitrogen and oxygen atoms in total. The number of methoxy groups -OCH3 is 1. The van der Waals surface area contributed by atoms with Crippen molar-refractivity contribution in [2.24, 2.45) is 0 Å². The van der Waals surface area contributed by atoms with Gasteiger partial charge in [0.05, 0.1) is 7.11 Å². The first-order valence-corrected chi connectivity index (χ1v) is 7.23. The maximum atomic E-state index is 13.2. The molecular weight excluding hydrogens is 265 g/mol. The van der Waals surface area contributed by atoms with Crippen molar-refractivity contribution >= 4 is 0 Å². The summed E-state index contributed by atoms with van der Waals surface area (Å²) in [7, 11) is 1.71. The molecule has 0 spiro atoms. The van der Waals surface area contributed by atoms with Gasteiger partial charge in [-0.15, -0.1) is 0 Å². The largest absolute Gasteiger partial charge is 0.496 e. The summed E-state index contributed by atoms with van der Waals surface area (Å²) in [6.07, 6.45) is 0.899. The molecule has 2 aromatic rings. The monoisotopic (exact) mass is 285 g/mol. The lowest BCUT2D eigenvalue weighted by Crippen LogP contribution is -2.58. The van der Waals surface area contributed by atoms with Crippen molar-refractivity contribution in [1.29, 1.82) is 0 Å². The van der Waals surface area contributed by atoms with E-state index in [0.29, 0.717) is 0 Å². The lowest BCUT2D eigenvalue weighted by atomic mass is 9.71. The Morgan fingerprint density at radius 1 is 1.14 bits per heavy atom. The van der Waals surface area contributed by atoms with Crippen LogP contribution in [-0.2, 0) is 11.8 Å². The molecule has 0 atom stereocenters. The van der Waals surface area contributed by atoms with Gasteiger partial charge >= 0.3 is 0 Å². The van der Waals surface area contributed by atoms with Gasteiger partial charge in [-0.25, -0.2) is 4.39 Å². The van der Waals surface area contributed by atoms with Crippen LogP contribution in [0.25, 0.3) is 0 Å². The molecule has 1 aliphatic heterocycles. The third-order valence-electron chi connectivity index (χ3n) is 4.35. The molecular formula is C18H20FNO. The molecule has 110 valence electrons. The minimum Gasteiger partial charge on any atom is -0.496 e. The highest BCUT2D eigenvalue weighted by atomic mass is 19.1. The summed E-state index contributed by atoms with van der Waals surface area (Å²) in [4.78, 5) is 0. The second kappa shape index (κ2) is 5.49. The predicted molar refractivity (Wildman–Crippen MR) is 82.4 cm³/mol. The number of ether oxygens (including phenoxy) is 1. The van der Waals surface area contributed by atoms with Gasteiger partial charge in [-0.3, -0.25) is 0 Å². The summed E-state index contributed by atoms with van der Waals surface area (Å²) < 4.78 is 18.6. The van der Waals surface area contributed by atoms with E-state index in [2.05, 4.69) is 24.4 Å². The lowest BCUT2D eigenvalue weighted by Gasteiger charge is -2.43. The molecule has 0 aliphatic carbocycles. The van der Waals surface area contributed by atoms with Crippen LogP contribution >= 0.6 is 0 Å². The Morgan fingerprint density at radius 2 is 1.86 bits per heavy atom. The van der Waals surface area contributed by atoms with E-state index in [4.69, 9.17) is 4.74 Å². The summed E-state index contributed by atoms with van der Waals surface area (Å²) in [5, 5.41) is 3.35. The standard InChI is InChI=1S/C18H20FNO/c1-13-3-8-17(21-2)14(9-13)10-18(11-20-12-18)15-4-6-16(19)7-5-15/h3-9,20H,10-12H2,1-2H3. The van der Waals surface area contributed by atoms with Crippen molar-refractivity contribution in [2.45, 2.75) is 18.8 Å². The Labute approximate surface area is 125 Å². The van der Waals surface area contributed by atoms with Gasteiger partial charge < -0.3 is 10.1 Å². The van der Waals surface area contributed by atoms with Crippen LogP contribution in [0.4, 0.5) is 4.39 Å². The van der Waals surface area contributed by atoms with E-state index < -0.39 is 0 Å². The van der Waals surface area contributed by atoms with Crippen LogP contribution in [-0.4, -0.2) is 20.2 Å². The molecule has 1 aliphatic rings. The Morgan fingerprint density at radius 3 is 2.43 bits per heavy atom. The van der Waals surface area contributed by atoms with Crippen LogP contribution in [0.1, 0.15) is 16.7 Å². The molecule has 1 heterocycles. The van der Waals surface area contributed by atoms with E-state index in [9.17, 15) is 4.39 Å². The van der Waals surface area contributed by atoms with Crippen molar-refractivity contribution in [1.82, 2.24) is 5.32 Å². The van der Waals surface area contributed by atoms with Crippen LogP contribution in [0.15, 0.2) is 42.5 Å². The summed E-state index contributed by atoms with van der Waals surface area (Å²) in [6.45, 7) is 3.91. The first-order valence-electron chi connectivity index (χ1n) is 7.23. The van der Waals surface area contributed by atoms with Crippen molar-refractivity contribution < 1.29 is 9.13 Å². The van der Waals surface area contributed by atoms with Crippen LogP contribution in [0.5, 0.6) is 5.75 Å². The third-order valence-corrected chi connectivity index (χ3v) is 4.35. The van der Waals surface area contributed by atoms with Crippen LogP contribution < -0.4 is 10.1 Å². The second-order valence-corrected chi connectivity index (χ2v) is 5.88. The summed E-state index contributed by atoms with van der Waals surface area (Å²) in [6, 6.07) is 13.2. The van der Waals surface area contributed by atoms with E-state index in [1.807, 2.05) is 18.2 Å². The predicted octanol–water partition coefficient (Wildman–Crippen LogP) is 3.23. The number of benzene rings is 2. The van der Waals surface area contributed by atoms with Crippen molar-refractivity contribution in [3.05, 3.63) is 65.0 Å². The van der Waals surface area contributed by atoms with Crippen LogP contribution in [0.2, 0.25) is 0 Å². The van der Waals surface area contributed by atoms with Crippen molar-refractivity contribution in [3.8, 4) is 5.75 Å². The third kappa shape index (κ3) is 2.66. The smallest absolute Gasteiger partial charge is 0.123 e. The zero-order chi connectivity index (χ0) is 14.9.